The summed E-state index contributed by atoms with van der Waals surface area (Å²) < 4.78 is 28.5. The highest BCUT2D eigenvalue weighted by molar-refractivity contribution is 7.92. The predicted molar refractivity (Wildman–Crippen MR) is 152 cm³/mol. The van der Waals surface area contributed by atoms with E-state index in [0.717, 1.165) is 21.9 Å². The summed E-state index contributed by atoms with van der Waals surface area (Å²) in [6.45, 7) is 7.04. The number of amides is 2. The van der Waals surface area contributed by atoms with Gasteiger partial charge >= 0.3 is 0 Å². The van der Waals surface area contributed by atoms with E-state index in [2.05, 4.69) is 5.32 Å². The van der Waals surface area contributed by atoms with E-state index in [1.165, 1.54) is 17.0 Å². The van der Waals surface area contributed by atoms with Gasteiger partial charge in [-0.2, -0.15) is 0 Å². The van der Waals surface area contributed by atoms with Crippen molar-refractivity contribution in [3.8, 4) is 0 Å². The first-order valence-corrected chi connectivity index (χ1v) is 14.3. The van der Waals surface area contributed by atoms with Gasteiger partial charge in [0.2, 0.25) is 11.8 Å². The number of aryl methyl sites for hydroxylation is 1. The Labute approximate surface area is 230 Å². The Bertz CT molecular complexity index is 1370. The third-order valence-electron chi connectivity index (χ3n) is 6.50. The number of halogens is 1. The first-order chi connectivity index (χ1) is 18.1. The number of hydrogen-bond acceptors (Lipinski definition) is 4. The van der Waals surface area contributed by atoms with Crippen LogP contribution >= 0.6 is 11.6 Å². The van der Waals surface area contributed by atoms with Crippen LogP contribution in [0.5, 0.6) is 0 Å². The number of sulfonamides is 1. The molecule has 9 heteroatoms. The predicted octanol–water partition coefficient (Wildman–Crippen LogP) is 5.18. The van der Waals surface area contributed by atoms with Crippen molar-refractivity contribution in [3.63, 3.8) is 0 Å². The van der Waals surface area contributed by atoms with Gasteiger partial charge < -0.3 is 10.2 Å². The van der Waals surface area contributed by atoms with Gasteiger partial charge in [0.1, 0.15) is 12.6 Å². The lowest BCUT2D eigenvalue weighted by Crippen LogP contribution is -2.52. The maximum absolute atomic E-state index is 13.9. The number of benzene rings is 3. The molecule has 0 fully saturated rings. The highest BCUT2D eigenvalue weighted by atomic mass is 35.5. The lowest BCUT2D eigenvalue weighted by atomic mass is 10.1. The average Bonchev–Trinajstić information content (AvgIpc) is 2.91. The number of carbonyl (C=O) groups excluding carboxylic acids is 2. The highest BCUT2D eigenvalue weighted by Gasteiger charge is 2.33. The summed E-state index contributed by atoms with van der Waals surface area (Å²) in [6.07, 6.45) is 0.736. The van der Waals surface area contributed by atoms with Crippen LogP contribution in [0.25, 0.3) is 0 Å². The van der Waals surface area contributed by atoms with E-state index in [9.17, 15) is 18.0 Å². The van der Waals surface area contributed by atoms with E-state index in [-0.39, 0.29) is 34.1 Å². The molecule has 2 amide bonds. The van der Waals surface area contributed by atoms with Gasteiger partial charge in [0.15, 0.2) is 0 Å². The molecule has 3 aromatic carbocycles. The minimum Gasteiger partial charge on any atom is -0.352 e. The molecule has 0 bridgehead atoms. The van der Waals surface area contributed by atoms with Crippen molar-refractivity contribution in [2.24, 2.45) is 0 Å². The standard InChI is InChI=1S/C29H34ClN3O4S/c1-5-22(3)31-29(35)23(4)32(19-24-14-10-9-13-21(24)2)28(34)20-33(27-18-12-11-17-26(27)30)38(36,37)25-15-7-6-8-16-25/h6-18,22-23H,5,19-20H2,1-4H3,(H,31,35). The molecule has 3 aromatic rings. The fraction of sp³-hybridized carbons (Fsp3) is 0.310. The van der Waals surface area contributed by atoms with Crippen LogP contribution in [0.15, 0.2) is 83.8 Å². The molecule has 0 aromatic heterocycles. The van der Waals surface area contributed by atoms with E-state index in [1.54, 1.807) is 49.4 Å². The smallest absolute Gasteiger partial charge is 0.264 e. The summed E-state index contributed by atoms with van der Waals surface area (Å²) in [5.74, 6) is -0.837. The number of anilines is 1. The molecule has 0 saturated carbocycles. The Kier molecular flexibility index (Phi) is 9.94. The van der Waals surface area contributed by atoms with Gasteiger partial charge in [-0.05, 0) is 62.6 Å². The zero-order chi connectivity index (χ0) is 27.9. The fourth-order valence-electron chi connectivity index (χ4n) is 3.91. The van der Waals surface area contributed by atoms with Crippen molar-refractivity contribution in [2.45, 2.75) is 57.6 Å². The Balaban J connectivity index is 2.04. The molecular formula is C29H34ClN3O4S. The fourth-order valence-corrected chi connectivity index (χ4v) is 5.65. The van der Waals surface area contributed by atoms with Crippen LogP contribution in [-0.2, 0) is 26.2 Å². The number of hydrogen-bond donors (Lipinski definition) is 1. The van der Waals surface area contributed by atoms with E-state index < -0.39 is 28.5 Å². The Morgan fingerprint density at radius 3 is 2.16 bits per heavy atom. The Morgan fingerprint density at radius 1 is 0.921 bits per heavy atom. The van der Waals surface area contributed by atoms with Crippen molar-refractivity contribution in [3.05, 3.63) is 95.0 Å². The van der Waals surface area contributed by atoms with Crippen LogP contribution in [0.3, 0.4) is 0 Å². The molecule has 3 rings (SSSR count). The molecule has 0 aliphatic rings. The SMILES string of the molecule is CCC(C)NC(=O)C(C)N(Cc1ccccc1C)C(=O)CN(c1ccccc1Cl)S(=O)(=O)c1ccccc1. The van der Waals surface area contributed by atoms with Gasteiger partial charge in [-0.15, -0.1) is 0 Å². The number of rotatable bonds is 11. The molecule has 0 aliphatic heterocycles. The molecule has 0 radical (unpaired) electrons. The number of nitrogens with one attached hydrogen (secondary N) is 1. The molecule has 0 saturated heterocycles. The van der Waals surface area contributed by atoms with E-state index in [1.807, 2.05) is 45.0 Å². The van der Waals surface area contributed by atoms with Crippen molar-refractivity contribution in [1.29, 1.82) is 0 Å². The van der Waals surface area contributed by atoms with Crippen LogP contribution in [0, 0.1) is 6.92 Å². The monoisotopic (exact) mass is 555 g/mol. The minimum atomic E-state index is -4.15. The van der Waals surface area contributed by atoms with Gasteiger partial charge in [0.25, 0.3) is 10.0 Å². The first kappa shape index (κ1) is 29.2. The van der Waals surface area contributed by atoms with Gasteiger partial charge in [0, 0.05) is 12.6 Å². The number of nitrogens with zero attached hydrogens (tertiary/aromatic N) is 2. The molecule has 38 heavy (non-hydrogen) atoms. The second-order valence-corrected chi connectivity index (χ2v) is 11.5. The van der Waals surface area contributed by atoms with Gasteiger partial charge in [-0.3, -0.25) is 13.9 Å². The van der Waals surface area contributed by atoms with Gasteiger partial charge in [-0.25, -0.2) is 8.42 Å². The maximum atomic E-state index is 13.9. The summed E-state index contributed by atoms with van der Waals surface area (Å²) in [4.78, 5) is 28.5. The molecule has 0 heterocycles. The van der Waals surface area contributed by atoms with Crippen molar-refractivity contribution < 1.29 is 18.0 Å². The summed E-state index contributed by atoms with van der Waals surface area (Å²) >= 11 is 6.42. The van der Waals surface area contributed by atoms with Crippen LogP contribution in [0.1, 0.15) is 38.3 Å². The van der Waals surface area contributed by atoms with Crippen molar-refractivity contribution >= 4 is 39.1 Å². The lowest BCUT2D eigenvalue weighted by Gasteiger charge is -2.33. The van der Waals surface area contributed by atoms with Crippen molar-refractivity contribution in [2.75, 3.05) is 10.8 Å². The summed E-state index contributed by atoms with van der Waals surface area (Å²) in [6, 6.07) is 21.0. The Morgan fingerprint density at radius 2 is 1.53 bits per heavy atom. The second-order valence-electron chi connectivity index (χ2n) is 9.22. The highest BCUT2D eigenvalue weighted by Crippen LogP contribution is 2.30. The molecular weight excluding hydrogens is 522 g/mol. The molecule has 0 spiro atoms. The molecule has 2 unspecified atom stereocenters. The second kappa shape index (κ2) is 12.9. The first-order valence-electron chi connectivity index (χ1n) is 12.5. The van der Waals surface area contributed by atoms with Crippen LogP contribution in [-0.4, -0.2) is 43.8 Å². The zero-order valence-corrected chi connectivity index (χ0v) is 23.7. The topological polar surface area (TPSA) is 86.8 Å². The largest absolute Gasteiger partial charge is 0.352 e. The third-order valence-corrected chi connectivity index (χ3v) is 8.60. The molecule has 202 valence electrons. The number of carbonyl (C=O) groups is 2. The maximum Gasteiger partial charge on any atom is 0.264 e. The summed E-state index contributed by atoms with van der Waals surface area (Å²) in [5.41, 5.74) is 2.00. The quantitative estimate of drug-likeness (QED) is 0.353. The van der Waals surface area contributed by atoms with E-state index in [0.29, 0.717) is 0 Å². The summed E-state index contributed by atoms with van der Waals surface area (Å²) in [5, 5.41) is 3.12. The Hall–Kier alpha value is -3.36. The zero-order valence-electron chi connectivity index (χ0n) is 22.1. The van der Waals surface area contributed by atoms with E-state index in [4.69, 9.17) is 11.6 Å². The third kappa shape index (κ3) is 6.94. The lowest BCUT2D eigenvalue weighted by molar-refractivity contribution is -0.139. The van der Waals surface area contributed by atoms with E-state index >= 15 is 0 Å². The van der Waals surface area contributed by atoms with Crippen LogP contribution in [0.2, 0.25) is 5.02 Å². The minimum absolute atomic E-state index is 0.0285. The summed E-state index contributed by atoms with van der Waals surface area (Å²) in [7, 11) is -4.15. The van der Waals surface area contributed by atoms with Gasteiger partial charge in [-0.1, -0.05) is 73.1 Å². The van der Waals surface area contributed by atoms with Crippen molar-refractivity contribution in [1.82, 2.24) is 10.2 Å². The molecule has 1 N–H and O–H groups in total. The molecule has 0 aliphatic carbocycles. The molecule has 7 nitrogen and oxygen atoms in total. The van der Waals surface area contributed by atoms with Crippen LogP contribution in [0.4, 0.5) is 5.69 Å². The molecule has 2 atom stereocenters. The average molecular weight is 556 g/mol. The van der Waals surface area contributed by atoms with Crippen LogP contribution < -0.4 is 9.62 Å². The normalized spacial score (nSPS) is 12.9. The van der Waals surface area contributed by atoms with Gasteiger partial charge in [0.05, 0.1) is 15.6 Å². The number of para-hydroxylation sites is 1.